The van der Waals surface area contributed by atoms with E-state index in [0.717, 1.165) is 18.0 Å². The highest BCUT2D eigenvalue weighted by Gasteiger charge is 2.14. The first kappa shape index (κ1) is 15.1. The topological polar surface area (TPSA) is 53.2 Å². The van der Waals surface area contributed by atoms with Gasteiger partial charge in [0.1, 0.15) is 0 Å². The summed E-state index contributed by atoms with van der Waals surface area (Å²) in [6.45, 7) is 5.81. The number of hydrogen-bond acceptors (Lipinski definition) is 4. The summed E-state index contributed by atoms with van der Waals surface area (Å²) in [5, 5.41) is 10.2. The van der Waals surface area contributed by atoms with Crippen molar-refractivity contribution in [2.45, 2.75) is 33.2 Å². The predicted molar refractivity (Wildman–Crippen MR) is 78.4 cm³/mol. The van der Waals surface area contributed by atoms with Gasteiger partial charge in [0.25, 0.3) is 0 Å². The van der Waals surface area contributed by atoms with Crippen molar-refractivity contribution in [2.75, 3.05) is 26.0 Å². The largest absolute Gasteiger partial charge is 0.319 e. The van der Waals surface area contributed by atoms with Crippen LogP contribution in [0.1, 0.15) is 29.3 Å². The minimum absolute atomic E-state index is 0.0763. The molecule has 0 atom stereocenters. The first-order valence-electron chi connectivity index (χ1n) is 6.34. The fraction of sp³-hybridized carbons (Fsp3) is 0.615. The molecule has 0 radical (unpaired) electrons. The smallest absolute Gasteiger partial charge is 0.226 e. The summed E-state index contributed by atoms with van der Waals surface area (Å²) < 4.78 is 0. The molecule has 5 heteroatoms. The molecule has 1 rings (SSSR count). The molecule has 0 aliphatic carbocycles. The van der Waals surface area contributed by atoms with E-state index < -0.39 is 0 Å². The molecule has 0 saturated carbocycles. The molecule has 0 aliphatic rings. The second kappa shape index (κ2) is 7.51. The fourth-order valence-corrected chi connectivity index (χ4v) is 3.24. The number of carbonyl (C=O) groups is 1. The fourth-order valence-electron chi connectivity index (χ4n) is 1.92. The number of nitrogens with one attached hydrogen (secondary N) is 3. The molecule has 0 saturated heterocycles. The Bertz CT molecular complexity index is 401. The summed E-state index contributed by atoms with van der Waals surface area (Å²) in [5.74, 6) is 0.0763. The van der Waals surface area contributed by atoms with Gasteiger partial charge in [-0.05, 0) is 38.6 Å². The lowest BCUT2D eigenvalue weighted by Gasteiger charge is -2.04. The Kier molecular flexibility index (Phi) is 6.32. The monoisotopic (exact) mass is 269 g/mol. The van der Waals surface area contributed by atoms with Gasteiger partial charge in [-0.3, -0.25) is 4.79 Å². The van der Waals surface area contributed by atoms with Gasteiger partial charge in [-0.1, -0.05) is 6.92 Å². The average Bonchev–Trinajstić information content (AvgIpc) is 2.63. The molecular formula is C13H23N3OS. The van der Waals surface area contributed by atoms with E-state index in [0.29, 0.717) is 13.0 Å². The second-order valence-electron chi connectivity index (χ2n) is 4.24. The highest BCUT2D eigenvalue weighted by atomic mass is 32.1. The van der Waals surface area contributed by atoms with Crippen LogP contribution in [0.3, 0.4) is 0 Å². The third-order valence-corrected chi connectivity index (χ3v) is 4.15. The Morgan fingerprint density at radius 3 is 2.56 bits per heavy atom. The molecule has 1 aromatic heterocycles. The van der Waals surface area contributed by atoms with E-state index in [9.17, 15) is 4.79 Å². The van der Waals surface area contributed by atoms with Gasteiger partial charge in [0.2, 0.25) is 5.91 Å². The van der Waals surface area contributed by atoms with Gasteiger partial charge in [-0.15, -0.1) is 11.3 Å². The van der Waals surface area contributed by atoms with Crippen LogP contribution in [0.15, 0.2) is 0 Å². The first-order valence-corrected chi connectivity index (χ1v) is 7.15. The zero-order chi connectivity index (χ0) is 13.5. The Labute approximate surface area is 113 Å². The van der Waals surface area contributed by atoms with Crippen molar-refractivity contribution in [3.8, 4) is 0 Å². The van der Waals surface area contributed by atoms with Crippen LogP contribution in [0.4, 0.5) is 5.00 Å². The summed E-state index contributed by atoms with van der Waals surface area (Å²) in [6.07, 6.45) is 1.52. The van der Waals surface area contributed by atoms with Crippen molar-refractivity contribution in [2.24, 2.45) is 0 Å². The number of rotatable bonds is 7. The standard InChI is InChI=1S/C13H23N3OS/c1-5-10-9(2)13(18-11(10)8-15-4)16-12(17)6-7-14-3/h14-15H,5-8H2,1-4H3,(H,16,17). The van der Waals surface area contributed by atoms with Crippen LogP contribution in [0.25, 0.3) is 0 Å². The summed E-state index contributed by atoms with van der Waals surface area (Å²) in [7, 11) is 3.80. The van der Waals surface area contributed by atoms with Crippen LogP contribution in [-0.2, 0) is 17.8 Å². The number of anilines is 1. The Balaban J connectivity index is 2.79. The molecule has 4 nitrogen and oxygen atoms in total. The van der Waals surface area contributed by atoms with Gasteiger partial charge < -0.3 is 16.0 Å². The Morgan fingerprint density at radius 1 is 1.28 bits per heavy atom. The summed E-state index contributed by atoms with van der Waals surface area (Å²) in [5.41, 5.74) is 2.57. The van der Waals surface area contributed by atoms with Crippen molar-refractivity contribution in [3.05, 3.63) is 16.0 Å². The van der Waals surface area contributed by atoms with Crippen molar-refractivity contribution in [1.82, 2.24) is 10.6 Å². The van der Waals surface area contributed by atoms with E-state index in [-0.39, 0.29) is 5.91 Å². The molecule has 0 unspecified atom stereocenters. The molecule has 0 bridgehead atoms. The van der Waals surface area contributed by atoms with Crippen LogP contribution < -0.4 is 16.0 Å². The van der Waals surface area contributed by atoms with Gasteiger partial charge in [-0.25, -0.2) is 0 Å². The van der Waals surface area contributed by atoms with E-state index in [1.54, 1.807) is 11.3 Å². The molecule has 0 spiro atoms. The lowest BCUT2D eigenvalue weighted by molar-refractivity contribution is -0.116. The lowest BCUT2D eigenvalue weighted by Crippen LogP contribution is -2.18. The number of carbonyl (C=O) groups excluding carboxylic acids is 1. The van der Waals surface area contributed by atoms with Crippen molar-refractivity contribution in [1.29, 1.82) is 0 Å². The summed E-state index contributed by atoms with van der Waals surface area (Å²) >= 11 is 1.68. The second-order valence-corrected chi connectivity index (χ2v) is 5.35. The SMILES string of the molecule is CCc1c(CNC)sc(NC(=O)CCNC)c1C. The van der Waals surface area contributed by atoms with Gasteiger partial charge in [0, 0.05) is 24.4 Å². The van der Waals surface area contributed by atoms with Crippen molar-refractivity contribution in [3.63, 3.8) is 0 Å². The molecule has 0 aliphatic heterocycles. The zero-order valence-electron chi connectivity index (χ0n) is 11.6. The molecule has 1 aromatic rings. The van der Waals surface area contributed by atoms with Crippen molar-refractivity contribution >= 4 is 22.2 Å². The third-order valence-electron chi connectivity index (χ3n) is 2.90. The molecule has 0 aromatic carbocycles. The lowest BCUT2D eigenvalue weighted by atomic mass is 10.1. The number of thiophene rings is 1. The maximum absolute atomic E-state index is 11.7. The number of amides is 1. The summed E-state index contributed by atoms with van der Waals surface area (Å²) in [4.78, 5) is 13.1. The molecular weight excluding hydrogens is 246 g/mol. The maximum atomic E-state index is 11.7. The van der Waals surface area contributed by atoms with E-state index >= 15 is 0 Å². The van der Waals surface area contributed by atoms with Gasteiger partial charge in [0.05, 0.1) is 5.00 Å². The quantitative estimate of drug-likeness (QED) is 0.708. The molecule has 0 fully saturated rings. The minimum atomic E-state index is 0.0763. The molecule has 18 heavy (non-hydrogen) atoms. The average molecular weight is 269 g/mol. The predicted octanol–water partition coefficient (Wildman–Crippen LogP) is 1.89. The van der Waals surface area contributed by atoms with E-state index in [1.807, 2.05) is 14.1 Å². The van der Waals surface area contributed by atoms with E-state index in [1.165, 1.54) is 16.0 Å². The van der Waals surface area contributed by atoms with Crippen LogP contribution >= 0.6 is 11.3 Å². The molecule has 102 valence electrons. The van der Waals surface area contributed by atoms with Crippen LogP contribution in [0.5, 0.6) is 0 Å². The highest BCUT2D eigenvalue weighted by Crippen LogP contribution is 2.33. The Hall–Kier alpha value is -0.910. The normalized spacial score (nSPS) is 10.7. The van der Waals surface area contributed by atoms with Gasteiger partial charge in [-0.2, -0.15) is 0 Å². The summed E-state index contributed by atoms with van der Waals surface area (Å²) in [6, 6.07) is 0. The highest BCUT2D eigenvalue weighted by molar-refractivity contribution is 7.16. The van der Waals surface area contributed by atoms with Crippen LogP contribution in [-0.4, -0.2) is 26.5 Å². The zero-order valence-corrected chi connectivity index (χ0v) is 12.5. The number of hydrogen-bond donors (Lipinski definition) is 3. The molecule has 1 amide bonds. The third kappa shape index (κ3) is 3.80. The molecule has 1 heterocycles. The van der Waals surface area contributed by atoms with E-state index in [2.05, 4.69) is 29.8 Å². The minimum Gasteiger partial charge on any atom is -0.319 e. The Morgan fingerprint density at radius 2 is 2.00 bits per heavy atom. The van der Waals surface area contributed by atoms with Gasteiger partial charge in [0.15, 0.2) is 0 Å². The van der Waals surface area contributed by atoms with Crippen LogP contribution in [0.2, 0.25) is 0 Å². The van der Waals surface area contributed by atoms with Crippen LogP contribution in [0, 0.1) is 6.92 Å². The first-order chi connectivity index (χ1) is 8.63. The molecule has 3 N–H and O–H groups in total. The van der Waals surface area contributed by atoms with E-state index in [4.69, 9.17) is 0 Å². The maximum Gasteiger partial charge on any atom is 0.226 e. The van der Waals surface area contributed by atoms with Crippen molar-refractivity contribution < 1.29 is 4.79 Å². The van der Waals surface area contributed by atoms with Gasteiger partial charge >= 0.3 is 0 Å².